The molecule has 3 heteroatoms. The van der Waals surface area contributed by atoms with Crippen molar-refractivity contribution in [3.05, 3.63) is 22.1 Å². The van der Waals surface area contributed by atoms with Gasteiger partial charge in [0.1, 0.15) is 0 Å². The number of rotatable bonds is 8. The van der Waals surface area contributed by atoms with E-state index in [1.165, 1.54) is 38.3 Å². The van der Waals surface area contributed by atoms with Crippen LogP contribution in [0.5, 0.6) is 0 Å². The van der Waals surface area contributed by atoms with Crippen LogP contribution < -0.4 is 11.5 Å². The van der Waals surface area contributed by atoms with Crippen LogP contribution in [0.2, 0.25) is 13.8 Å². The van der Waals surface area contributed by atoms with Crippen LogP contribution in [0.4, 0.5) is 0 Å². The third-order valence-electron chi connectivity index (χ3n) is 3.25. The molecule has 0 fully saturated rings. The molecule has 0 aromatic carbocycles. The maximum absolute atomic E-state index is 6.27. The van der Waals surface area contributed by atoms with Crippen LogP contribution in [0.3, 0.4) is 0 Å². The van der Waals surface area contributed by atoms with Crippen molar-refractivity contribution in [3.63, 3.8) is 0 Å². The van der Waals surface area contributed by atoms with Gasteiger partial charge in [-0.3, -0.25) is 0 Å². The van der Waals surface area contributed by atoms with Crippen molar-refractivity contribution in [2.24, 2.45) is 11.5 Å². The van der Waals surface area contributed by atoms with E-state index in [9.17, 15) is 0 Å². The third-order valence-corrected chi connectivity index (χ3v) is 16.0. The van der Waals surface area contributed by atoms with Crippen molar-refractivity contribution < 1.29 is 0 Å². The van der Waals surface area contributed by atoms with Crippen molar-refractivity contribution >= 4 is 18.4 Å². The monoisotopic (exact) mass is 332 g/mol. The zero-order valence-corrected chi connectivity index (χ0v) is 14.0. The van der Waals surface area contributed by atoms with Gasteiger partial charge in [-0.25, -0.2) is 0 Å². The molecule has 0 atom stereocenters. The predicted octanol–water partition coefficient (Wildman–Crippen LogP) is 3.52. The van der Waals surface area contributed by atoms with E-state index >= 15 is 0 Å². The second-order valence-electron chi connectivity index (χ2n) is 4.77. The molecule has 4 N–H and O–H groups in total. The second kappa shape index (κ2) is 8.97. The summed E-state index contributed by atoms with van der Waals surface area (Å²) in [4.78, 5) is 2.48. The third kappa shape index (κ3) is 5.83. The molecule has 0 aliphatic rings. The van der Waals surface area contributed by atoms with Crippen molar-refractivity contribution in [1.82, 2.24) is 0 Å². The first-order valence-corrected chi connectivity index (χ1v) is 14.8. The number of nitrogens with two attached hydrogens (primary N) is 2. The summed E-state index contributed by atoms with van der Waals surface area (Å²) >= 11 is -2.19. The first kappa shape index (κ1) is 15.9. The zero-order chi connectivity index (χ0) is 12.4. The summed E-state index contributed by atoms with van der Waals surface area (Å²) in [6.07, 6.45) is 10.7. The Bertz CT molecular complexity index is 226. The van der Waals surface area contributed by atoms with Gasteiger partial charge in [0.05, 0.1) is 0 Å². The van der Waals surface area contributed by atoms with Crippen molar-refractivity contribution in [2.45, 2.75) is 53.3 Å². The average Bonchev–Trinajstić information content (AvgIpc) is 2.30. The molecule has 0 amide bonds. The molecule has 2 nitrogen and oxygen atoms in total. The molecule has 0 aliphatic carbocycles. The van der Waals surface area contributed by atoms with Gasteiger partial charge in [-0.05, 0) is 0 Å². The van der Waals surface area contributed by atoms with E-state index in [1.54, 1.807) is 6.20 Å². The molecule has 0 saturated heterocycles. The Hall–Kier alpha value is -0.121. The molecular weight excluding hydrogens is 303 g/mol. The minimum atomic E-state index is -2.19. The molecule has 0 aromatic heterocycles. The second-order valence-corrected chi connectivity index (χ2v) is 18.2. The van der Waals surface area contributed by atoms with E-state index in [-0.39, 0.29) is 0 Å². The van der Waals surface area contributed by atoms with Gasteiger partial charge in [0, 0.05) is 0 Å². The van der Waals surface area contributed by atoms with Crippen LogP contribution in [0.15, 0.2) is 22.1 Å². The molecule has 0 unspecified atom stereocenters. The number of unbranched alkanes of at least 4 members (excludes halogenated alkanes) is 2. The molecule has 16 heavy (non-hydrogen) atoms. The first-order chi connectivity index (χ1) is 7.60. The number of hydrogen-bond donors (Lipinski definition) is 2. The average molecular weight is 331 g/mol. The number of allylic oxidation sites excluding steroid dienone is 2. The van der Waals surface area contributed by atoms with Crippen LogP contribution >= 0.6 is 0 Å². The predicted molar refractivity (Wildman–Crippen MR) is 76.6 cm³/mol. The summed E-state index contributed by atoms with van der Waals surface area (Å²) in [5.74, 6) is 0. The molecule has 0 saturated carbocycles. The summed E-state index contributed by atoms with van der Waals surface area (Å²) in [5, 5.41) is 0. The molecule has 0 rings (SSSR count). The van der Waals surface area contributed by atoms with Crippen LogP contribution in [0.1, 0.15) is 39.5 Å². The summed E-state index contributed by atoms with van der Waals surface area (Å²) < 4.78 is 3.94. The van der Waals surface area contributed by atoms with E-state index in [4.69, 9.17) is 11.5 Å². The summed E-state index contributed by atoms with van der Waals surface area (Å²) in [6.45, 7) is 4.51. The zero-order valence-electron chi connectivity index (χ0n) is 11.1. The fourth-order valence-corrected chi connectivity index (χ4v) is 12.2. The minimum absolute atomic E-state index is 1.18. The quantitative estimate of drug-likeness (QED) is 0.528. The normalized spacial score (nSPS) is 13.6. The Labute approximate surface area is 105 Å². The Balaban J connectivity index is 4.61. The van der Waals surface area contributed by atoms with E-state index in [1.807, 2.05) is 12.2 Å². The van der Waals surface area contributed by atoms with Gasteiger partial charge in [0.25, 0.3) is 0 Å². The van der Waals surface area contributed by atoms with E-state index in [0.29, 0.717) is 0 Å². The van der Waals surface area contributed by atoms with E-state index in [0.717, 1.165) is 0 Å². The van der Waals surface area contributed by atoms with Gasteiger partial charge in [-0.1, -0.05) is 0 Å². The van der Waals surface area contributed by atoms with Crippen LogP contribution in [-0.2, 0) is 0 Å². The van der Waals surface area contributed by atoms with Crippen molar-refractivity contribution in [2.75, 3.05) is 0 Å². The van der Waals surface area contributed by atoms with E-state index < -0.39 is 18.4 Å². The van der Waals surface area contributed by atoms with Crippen LogP contribution in [0.25, 0.3) is 0 Å². The van der Waals surface area contributed by atoms with Crippen LogP contribution in [0, 0.1) is 0 Å². The molecule has 0 aliphatic heterocycles. The first-order valence-electron chi connectivity index (χ1n) is 6.45. The standard InChI is InChI=1S/C4H7N2.2C4H9.CH3.Sn/c5-3-1-2-4-6;2*1-3-4-2;;/h1-3H,5-6H2;2*1,3-4H2,2H3;1H3;/b3-1-,4-2?;;;;. The molecule has 0 aromatic rings. The molecule has 0 spiro atoms. The molecule has 0 radical (unpaired) electrons. The summed E-state index contributed by atoms with van der Waals surface area (Å²) in [7, 11) is 0. The van der Waals surface area contributed by atoms with Gasteiger partial charge in [0.2, 0.25) is 0 Å². The number of hydrogen-bond acceptors (Lipinski definition) is 2. The van der Waals surface area contributed by atoms with Gasteiger partial charge in [0.15, 0.2) is 0 Å². The van der Waals surface area contributed by atoms with Crippen molar-refractivity contribution in [1.29, 1.82) is 0 Å². The van der Waals surface area contributed by atoms with E-state index in [2.05, 4.69) is 18.8 Å². The molecule has 0 heterocycles. The van der Waals surface area contributed by atoms with Gasteiger partial charge < -0.3 is 0 Å². The van der Waals surface area contributed by atoms with Gasteiger partial charge in [-0.2, -0.15) is 0 Å². The Morgan fingerprint density at radius 1 is 1.12 bits per heavy atom. The van der Waals surface area contributed by atoms with Crippen molar-refractivity contribution in [3.8, 4) is 0 Å². The SMILES string of the molecule is CCC[CH2][Sn]([CH3])([CH2]CCC)/[C](N)=C/C=C\N. The van der Waals surface area contributed by atoms with Crippen LogP contribution in [-0.4, -0.2) is 18.4 Å². The van der Waals surface area contributed by atoms with Gasteiger partial charge in [-0.15, -0.1) is 0 Å². The Kier molecular flexibility index (Phi) is 8.90. The topological polar surface area (TPSA) is 52.0 Å². The summed E-state index contributed by atoms with van der Waals surface area (Å²) in [6, 6.07) is 0. The Morgan fingerprint density at radius 3 is 2.00 bits per heavy atom. The Morgan fingerprint density at radius 2 is 1.62 bits per heavy atom. The molecule has 94 valence electrons. The fraction of sp³-hybridized carbons (Fsp3) is 0.692. The van der Waals surface area contributed by atoms with Gasteiger partial charge >= 0.3 is 105 Å². The summed E-state index contributed by atoms with van der Waals surface area (Å²) in [5.41, 5.74) is 11.6. The fourth-order valence-electron chi connectivity index (χ4n) is 1.91. The maximum atomic E-state index is 6.27. The molecular formula is C13H28N2Sn. The molecule has 0 bridgehead atoms.